The lowest BCUT2D eigenvalue weighted by Gasteiger charge is -2.17. The summed E-state index contributed by atoms with van der Waals surface area (Å²) in [7, 11) is 1.92. The summed E-state index contributed by atoms with van der Waals surface area (Å²) in [6.45, 7) is 5.49. The number of hydrogen-bond acceptors (Lipinski definition) is 1. The average molecular weight is 145 g/mol. The van der Waals surface area contributed by atoms with Crippen LogP contribution in [0, 0.1) is 0 Å². The molecule has 0 amide bonds. The van der Waals surface area contributed by atoms with Crippen LogP contribution in [0.2, 0.25) is 0 Å². The van der Waals surface area contributed by atoms with E-state index in [1.54, 1.807) is 6.08 Å². The molecule has 0 saturated carbocycles. The van der Waals surface area contributed by atoms with E-state index in [4.69, 9.17) is 0 Å². The third kappa shape index (κ3) is 3.62. The van der Waals surface area contributed by atoms with Crippen molar-refractivity contribution in [3.8, 4) is 0 Å². The van der Waals surface area contributed by atoms with Crippen molar-refractivity contribution in [2.75, 3.05) is 20.1 Å². The van der Waals surface area contributed by atoms with Gasteiger partial charge in [-0.3, -0.25) is 4.90 Å². The molecular formula is C8H16FN. The van der Waals surface area contributed by atoms with Crippen molar-refractivity contribution in [2.45, 2.75) is 20.3 Å². The Kier molecular flexibility index (Phi) is 5.22. The van der Waals surface area contributed by atoms with Crippen LogP contribution in [-0.4, -0.2) is 25.0 Å². The molecule has 1 aliphatic heterocycles. The zero-order valence-corrected chi connectivity index (χ0v) is 7.02. The Labute approximate surface area is 62.5 Å². The molecule has 0 aromatic heterocycles. The van der Waals surface area contributed by atoms with Crippen LogP contribution in [-0.2, 0) is 0 Å². The van der Waals surface area contributed by atoms with Crippen molar-refractivity contribution in [1.29, 1.82) is 0 Å². The predicted octanol–water partition coefficient (Wildman–Crippen LogP) is 2.20. The third-order valence-corrected chi connectivity index (χ3v) is 1.30. The van der Waals surface area contributed by atoms with Crippen LogP contribution < -0.4 is 0 Å². The minimum absolute atomic E-state index is 0.0127. The van der Waals surface area contributed by atoms with Gasteiger partial charge in [0.25, 0.3) is 0 Å². The van der Waals surface area contributed by atoms with Crippen molar-refractivity contribution in [3.05, 3.63) is 11.9 Å². The average Bonchev–Trinajstić information content (AvgIpc) is 1.91. The van der Waals surface area contributed by atoms with Crippen molar-refractivity contribution in [1.82, 2.24) is 4.90 Å². The largest absolute Gasteiger partial charge is 0.299 e. The minimum Gasteiger partial charge on any atom is -0.299 e. The van der Waals surface area contributed by atoms with Gasteiger partial charge in [0.15, 0.2) is 0 Å². The van der Waals surface area contributed by atoms with Gasteiger partial charge in [-0.1, -0.05) is 19.9 Å². The lowest BCUT2D eigenvalue weighted by Crippen LogP contribution is -2.24. The molecule has 2 heteroatoms. The van der Waals surface area contributed by atoms with Crippen LogP contribution in [0.5, 0.6) is 0 Å². The van der Waals surface area contributed by atoms with Crippen LogP contribution in [0.4, 0.5) is 4.39 Å². The van der Waals surface area contributed by atoms with E-state index in [-0.39, 0.29) is 5.83 Å². The summed E-state index contributed by atoms with van der Waals surface area (Å²) in [6.07, 6.45) is 2.52. The number of likely N-dealkylation sites (N-methyl/N-ethyl adjacent to an activating group) is 1. The maximum Gasteiger partial charge on any atom is 0.110 e. The highest BCUT2D eigenvalue weighted by Gasteiger charge is 2.05. The first-order valence-electron chi connectivity index (χ1n) is 3.82. The highest BCUT2D eigenvalue weighted by molar-refractivity contribution is 4.98. The zero-order chi connectivity index (χ0) is 7.98. The molecule has 0 aromatic rings. The van der Waals surface area contributed by atoms with Gasteiger partial charge in [0.1, 0.15) is 5.83 Å². The van der Waals surface area contributed by atoms with Gasteiger partial charge >= 0.3 is 0 Å². The van der Waals surface area contributed by atoms with Crippen molar-refractivity contribution >= 4 is 0 Å². The number of rotatable bonds is 0. The first-order chi connectivity index (χ1) is 4.79. The van der Waals surface area contributed by atoms with E-state index in [0.717, 1.165) is 13.0 Å². The standard InChI is InChI=1S/C6H10FN.C2H6/c1-8-4-2-3-6(7)5-8;1-2/h3H,2,4-5H2,1H3;1-2H3. The summed E-state index contributed by atoms with van der Waals surface area (Å²) in [4.78, 5) is 1.97. The molecule has 1 aliphatic rings. The Morgan fingerprint density at radius 2 is 2.10 bits per heavy atom. The van der Waals surface area contributed by atoms with Gasteiger partial charge in [0, 0.05) is 13.1 Å². The quantitative estimate of drug-likeness (QED) is 0.505. The van der Waals surface area contributed by atoms with E-state index in [1.165, 1.54) is 0 Å². The van der Waals surface area contributed by atoms with Crippen LogP contribution in [0.3, 0.4) is 0 Å². The fourth-order valence-electron chi connectivity index (χ4n) is 0.843. The Morgan fingerprint density at radius 3 is 2.40 bits per heavy atom. The SMILES string of the molecule is CC.CN1CCC=C(F)C1. The first kappa shape index (κ1) is 9.63. The molecule has 0 saturated heterocycles. The predicted molar refractivity (Wildman–Crippen MR) is 42.7 cm³/mol. The molecule has 0 fully saturated rings. The van der Waals surface area contributed by atoms with Gasteiger partial charge in [0.05, 0.1) is 0 Å². The Bertz CT molecular complexity index is 110. The molecule has 1 rings (SSSR count). The van der Waals surface area contributed by atoms with Crippen molar-refractivity contribution < 1.29 is 4.39 Å². The molecule has 10 heavy (non-hydrogen) atoms. The van der Waals surface area contributed by atoms with E-state index >= 15 is 0 Å². The molecule has 0 atom stereocenters. The van der Waals surface area contributed by atoms with E-state index in [0.29, 0.717) is 6.54 Å². The van der Waals surface area contributed by atoms with Gasteiger partial charge in [-0.25, -0.2) is 4.39 Å². The zero-order valence-electron chi connectivity index (χ0n) is 7.02. The molecule has 0 N–H and O–H groups in total. The normalized spacial score (nSPS) is 19.0. The summed E-state index contributed by atoms with van der Waals surface area (Å²) in [5.74, 6) is 0.0127. The Balaban J connectivity index is 0.000000371. The van der Waals surface area contributed by atoms with Gasteiger partial charge in [-0.2, -0.15) is 0 Å². The van der Waals surface area contributed by atoms with Crippen LogP contribution >= 0.6 is 0 Å². The summed E-state index contributed by atoms with van der Waals surface area (Å²) in [5.41, 5.74) is 0. The van der Waals surface area contributed by atoms with Gasteiger partial charge in [-0.15, -0.1) is 0 Å². The first-order valence-corrected chi connectivity index (χ1v) is 3.82. The molecular weight excluding hydrogens is 129 g/mol. The molecule has 0 unspecified atom stereocenters. The molecule has 0 bridgehead atoms. The number of halogens is 1. The van der Waals surface area contributed by atoms with Crippen LogP contribution in [0.15, 0.2) is 11.9 Å². The van der Waals surface area contributed by atoms with Gasteiger partial charge < -0.3 is 0 Å². The molecule has 0 radical (unpaired) electrons. The molecule has 60 valence electrons. The lowest BCUT2D eigenvalue weighted by molar-refractivity contribution is 0.321. The summed E-state index contributed by atoms with van der Waals surface area (Å²) < 4.78 is 12.3. The minimum atomic E-state index is 0.0127. The van der Waals surface area contributed by atoms with E-state index in [9.17, 15) is 4.39 Å². The van der Waals surface area contributed by atoms with E-state index in [1.807, 2.05) is 25.8 Å². The van der Waals surface area contributed by atoms with Gasteiger partial charge in [0.2, 0.25) is 0 Å². The molecule has 0 aromatic carbocycles. The maximum atomic E-state index is 12.3. The maximum absolute atomic E-state index is 12.3. The second-order valence-electron chi connectivity index (χ2n) is 2.18. The fourth-order valence-corrected chi connectivity index (χ4v) is 0.843. The van der Waals surface area contributed by atoms with Crippen molar-refractivity contribution in [2.24, 2.45) is 0 Å². The third-order valence-electron chi connectivity index (χ3n) is 1.30. The molecule has 1 heterocycles. The van der Waals surface area contributed by atoms with E-state index in [2.05, 4.69) is 0 Å². The summed E-state index contributed by atoms with van der Waals surface area (Å²) in [6, 6.07) is 0. The van der Waals surface area contributed by atoms with Gasteiger partial charge in [-0.05, 0) is 13.5 Å². The lowest BCUT2D eigenvalue weighted by atomic mass is 10.2. The van der Waals surface area contributed by atoms with Crippen LogP contribution in [0.1, 0.15) is 20.3 Å². The highest BCUT2D eigenvalue weighted by atomic mass is 19.1. The highest BCUT2D eigenvalue weighted by Crippen LogP contribution is 2.06. The Morgan fingerprint density at radius 1 is 1.50 bits per heavy atom. The topological polar surface area (TPSA) is 3.24 Å². The monoisotopic (exact) mass is 145 g/mol. The second-order valence-corrected chi connectivity index (χ2v) is 2.18. The molecule has 1 nitrogen and oxygen atoms in total. The van der Waals surface area contributed by atoms with E-state index < -0.39 is 0 Å². The van der Waals surface area contributed by atoms with Crippen molar-refractivity contribution in [3.63, 3.8) is 0 Å². The summed E-state index contributed by atoms with van der Waals surface area (Å²) >= 11 is 0. The number of hydrogen-bond donors (Lipinski definition) is 0. The molecule has 0 spiro atoms. The summed E-state index contributed by atoms with van der Waals surface area (Å²) in [5, 5.41) is 0. The fraction of sp³-hybridized carbons (Fsp3) is 0.750. The molecule has 0 aliphatic carbocycles. The Hall–Kier alpha value is -0.370. The smallest absolute Gasteiger partial charge is 0.110 e. The number of nitrogens with zero attached hydrogens (tertiary/aromatic N) is 1. The van der Waals surface area contributed by atoms with Crippen LogP contribution in [0.25, 0.3) is 0 Å². The second kappa shape index (κ2) is 5.42.